The minimum absolute atomic E-state index is 0. The summed E-state index contributed by atoms with van der Waals surface area (Å²) in [7, 11) is 0. The van der Waals surface area contributed by atoms with E-state index in [0.717, 1.165) is 48.5 Å². The second-order valence-electron chi connectivity index (χ2n) is 10.9. The Kier molecular flexibility index (Phi) is 26.2. The molecule has 0 atom stereocenters. The van der Waals surface area contributed by atoms with E-state index in [1.54, 1.807) is 4.90 Å². The molecule has 1 aliphatic rings. The van der Waals surface area contributed by atoms with E-state index >= 15 is 0 Å². The number of carbonyl (C=O) groups is 4. The van der Waals surface area contributed by atoms with Crippen LogP contribution in [0.15, 0.2) is 48.5 Å². The summed E-state index contributed by atoms with van der Waals surface area (Å²) < 4.78 is 79.6. The zero-order valence-corrected chi connectivity index (χ0v) is 36.1. The zero-order chi connectivity index (χ0) is 36.5. The molecule has 11 nitrogen and oxygen atoms in total. The number of carbonyl (C=O) groups excluding carboxylic acids is 4. The van der Waals surface area contributed by atoms with Gasteiger partial charge in [-0.05, 0) is 69.3 Å². The average molecular weight is 838 g/mol. The number of piperazine rings is 1. The van der Waals surface area contributed by atoms with Gasteiger partial charge in [0.2, 0.25) is 0 Å². The first-order valence-electron chi connectivity index (χ1n) is 14.2. The van der Waals surface area contributed by atoms with Crippen molar-refractivity contribution >= 4 is 40.3 Å². The molecule has 0 saturated carbocycles. The first-order valence-corrected chi connectivity index (χ1v) is 15.3. The van der Waals surface area contributed by atoms with Crippen LogP contribution in [0.5, 0.6) is 0 Å². The van der Waals surface area contributed by atoms with Gasteiger partial charge in [0.1, 0.15) is 5.60 Å². The van der Waals surface area contributed by atoms with Gasteiger partial charge in [-0.15, -0.1) is 0 Å². The molecule has 1 fully saturated rings. The van der Waals surface area contributed by atoms with E-state index in [-0.39, 0.29) is 134 Å². The van der Waals surface area contributed by atoms with Gasteiger partial charge in [-0.25, -0.2) is 4.79 Å². The molecule has 0 spiro atoms. The van der Waals surface area contributed by atoms with E-state index < -0.39 is 35.0 Å². The van der Waals surface area contributed by atoms with E-state index in [4.69, 9.17) is 14.8 Å². The van der Waals surface area contributed by atoms with Crippen LogP contribution in [-0.4, -0.2) is 90.9 Å². The number of alkyl halides is 7. The van der Waals surface area contributed by atoms with E-state index in [2.05, 4.69) is 36.4 Å². The Hall–Kier alpha value is -0.627. The van der Waals surface area contributed by atoms with Crippen LogP contribution in [0.2, 0.25) is 0 Å². The van der Waals surface area contributed by atoms with Gasteiger partial charge in [-0.1, -0.05) is 15.9 Å². The maximum atomic E-state index is 12.5. The Morgan fingerprint density at radius 2 is 1.18 bits per heavy atom. The minimum Gasteiger partial charge on any atom is -1.00 e. The number of hydrogen-bond donors (Lipinski definition) is 2. The molecule has 270 valence electrons. The zero-order valence-electron chi connectivity index (χ0n) is 29.3. The van der Waals surface area contributed by atoms with Crippen molar-refractivity contribution in [2.45, 2.75) is 38.7 Å². The van der Waals surface area contributed by atoms with Gasteiger partial charge in [-0.2, -0.15) is 26.3 Å². The molecule has 0 bridgehead atoms. The summed E-state index contributed by atoms with van der Waals surface area (Å²) in [4.78, 5) is 50.4. The Morgan fingerprint density at radius 3 is 1.50 bits per heavy atom. The number of nitrogens with zero attached hydrogens (tertiary/aromatic N) is 2. The molecule has 2 aromatic carbocycles. The fraction of sp³-hybridized carbons (Fsp3) is 0.467. The molecule has 1 heterocycles. The number of nitrogens with one attached hydrogen (secondary N) is 2. The number of benzene rings is 2. The van der Waals surface area contributed by atoms with Crippen LogP contribution in [-0.2, 0) is 26.8 Å². The molecule has 3 rings (SSSR count). The van der Waals surface area contributed by atoms with Gasteiger partial charge in [-0.3, -0.25) is 19.3 Å². The molecule has 2 aromatic rings. The second kappa shape index (κ2) is 25.4. The summed E-state index contributed by atoms with van der Waals surface area (Å²) >= 11 is 3.12. The van der Waals surface area contributed by atoms with Crippen molar-refractivity contribution in [1.82, 2.24) is 20.4 Å². The predicted molar refractivity (Wildman–Crippen MR) is 164 cm³/mol. The predicted octanol–water partition coefficient (Wildman–Crippen LogP) is -1.63. The van der Waals surface area contributed by atoms with Crippen LogP contribution in [0.25, 0.3) is 0 Å². The first kappa shape index (κ1) is 51.5. The van der Waals surface area contributed by atoms with Crippen molar-refractivity contribution in [2.24, 2.45) is 0 Å². The normalized spacial score (nSPS) is 13.0. The van der Waals surface area contributed by atoms with Gasteiger partial charge >= 0.3 is 121 Å². The van der Waals surface area contributed by atoms with E-state index in [1.165, 1.54) is 0 Å². The van der Waals surface area contributed by atoms with Crippen LogP contribution >= 0.6 is 15.9 Å². The largest absolute Gasteiger partial charge is 1.00 e. The molecule has 0 aliphatic carbocycles. The Balaban J connectivity index is -0.000000855. The van der Waals surface area contributed by atoms with Crippen molar-refractivity contribution in [3.05, 3.63) is 70.8 Å². The van der Waals surface area contributed by atoms with Crippen molar-refractivity contribution in [3.8, 4) is 0 Å². The van der Waals surface area contributed by atoms with E-state index in [1.807, 2.05) is 20.8 Å². The third-order valence-corrected chi connectivity index (χ3v) is 6.50. The van der Waals surface area contributed by atoms with Crippen molar-refractivity contribution in [1.29, 1.82) is 0 Å². The second-order valence-corrected chi connectivity index (χ2v) is 11.6. The smallest absolute Gasteiger partial charge is 1.00 e. The molecular weight excluding hydrogens is 800 g/mol. The molecule has 1 aliphatic heterocycles. The fourth-order valence-electron chi connectivity index (χ4n) is 3.79. The molecule has 0 aromatic heterocycles. The molecule has 3 amide bonds. The SMILES string of the molecule is CC(C)(C)OC(=O)N1CCN(CCNC(=O)c2ccc(C(F)(F)F)cc2)CC1.O=C(NCCBr)c1ccc(C(F)(F)F)cc1.O=CO[O-].[H-].[K+].[K+]. The van der Waals surface area contributed by atoms with Crippen molar-refractivity contribution in [3.63, 3.8) is 0 Å². The average Bonchev–Trinajstić information content (AvgIpc) is 3.02. The molecule has 50 heavy (non-hydrogen) atoms. The van der Waals surface area contributed by atoms with Crippen molar-refractivity contribution in [2.75, 3.05) is 51.1 Å². The molecule has 0 unspecified atom stereocenters. The monoisotopic (exact) mass is 836 g/mol. The van der Waals surface area contributed by atoms with Crippen LogP contribution in [0.4, 0.5) is 31.1 Å². The number of halogens is 7. The maximum absolute atomic E-state index is 12.5. The third kappa shape index (κ3) is 21.2. The number of hydrogen-bond acceptors (Lipinski definition) is 8. The Bertz CT molecular complexity index is 1320. The molecule has 20 heteroatoms. The molecule has 1 saturated heterocycles. The summed E-state index contributed by atoms with van der Waals surface area (Å²) in [5.74, 6) is -0.797. The van der Waals surface area contributed by atoms with Crippen LogP contribution in [0.3, 0.4) is 0 Å². The van der Waals surface area contributed by atoms with E-state index in [9.17, 15) is 40.7 Å². The number of ether oxygens (including phenoxy) is 1. The fourth-order valence-corrected chi connectivity index (χ4v) is 3.99. The summed E-state index contributed by atoms with van der Waals surface area (Å²) in [6, 6.07) is 8.22. The van der Waals surface area contributed by atoms with Gasteiger partial charge in [0.15, 0.2) is 0 Å². The number of rotatable bonds is 8. The van der Waals surface area contributed by atoms with Crippen molar-refractivity contribution < 1.29 is 165 Å². The summed E-state index contributed by atoms with van der Waals surface area (Å²) in [5.41, 5.74) is -1.68. The maximum Gasteiger partial charge on any atom is 1.00 e. The quantitative estimate of drug-likeness (QED) is 0.0809. The first-order chi connectivity index (χ1) is 22.3. The van der Waals surface area contributed by atoms with Gasteiger partial charge in [0.05, 0.1) is 11.1 Å². The standard InChI is InChI=1S/C19H26F3N3O3.C10H9BrF3NO.CH2O3.2K.H/c1-18(2,3)28-17(27)25-12-10-24(11-13-25)9-8-23-16(26)14-4-6-15(7-5-14)19(20,21)22;11-5-6-15-9(16)7-1-3-8(4-2-7)10(12,13)14;2-1-4-3;;;/h4-7H,8-13H2,1-3H3,(H,23,26);1-4H,5-6H2,(H,15,16);1,3H;;;/q;;;2*+1;-1/p-1. The molecule has 0 radical (unpaired) electrons. The van der Waals surface area contributed by atoms with Gasteiger partial charge < -0.3 is 31.8 Å². The Labute approximate surface area is 380 Å². The minimum atomic E-state index is -4.42. The summed E-state index contributed by atoms with van der Waals surface area (Å²) in [6.07, 6.45) is -9.12. The van der Waals surface area contributed by atoms with Gasteiger partial charge in [0, 0.05) is 62.3 Å². The Morgan fingerprint density at radius 1 is 0.800 bits per heavy atom. The van der Waals surface area contributed by atoms with Gasteiger partial charge in [0.25, 0.3) is 18.3 Å². The molecular formula is C30H37BrF6K2N4O7. The third-order valence-electron chi connectivity index (χ3n) is 6.11. The summed E-state index contributed by atoms with van der Waals surface area (Å²) in [6.45, 7) is 9.08. The topological polar surface area (TPSA) is 140 Å². The van der Waals surface area contributed by atoms with E-state index in [0.29, 0.717) is 51.1 Å². The number of amides is 3. The summed E-state index contributed by atoms with van der Waals surface area (Å²) in [5, 5.41) is 14.3. The van der Waals surface area contributed by atoms with Crippen LogP contribution < -0.4 is 119 Å². The van der Waals surface area contributed by atoms with Crippen LogP contribution in [0, 0.1) is 0 Å². The molecule has 2 N–H and O–H groups in total. The van der Waals surface area contributed by atoms with Crippen LogP contribution in [0.1, 0.15) is 54.0 Å².